The topological polar surface area (TPSA) is 72.3 Å². The third-order valence-electron chi connectivity index (χ3n) is 2.89. The van der Waals surface area contributed by atoms with Crippen molar-refractivity contribution >= 4 is 11.0 Å². The summed E-state index contributed by atoms with van der Waals surface area (Å²) in [6, 6.07) is 7.75. The van der Waals surface area contributed by atoms with E-state index in [4.69, 9.17) is 5.26 Å². The molecular formula is C12H10N6. The van der Waals surface area contributed by atoms with Gasteiger partial charge >= 0.3 is 0 Å². The fourth-order valence-corrected chi connectivity index (χ4v) is 1.95. The standard InChI is InChI=1S/C12H10N6/c1-17-10-4-2-3-9(5-13)12(10)16-11(17)6-18-8-14-7-15-18/h2-4,7-8H,6H2,1H3. The molecule has 3 rings (SSSR count). The number of aryl methyl sites for hydroxylation is 1. The average molecular weight is 238 g/mol. The quantitative estimate of drug-likeness (QED) is 0.669. The zero-order valence-electron chi connectivity index (χ0n) is 9.78. The Hall–Kier alpha value is -2.68. The first-order chi connectivity index (χ1) is 8.79. The minimum Gasteiger partial charge on any atom is -0.330 e. The van der Waals surface area contributed by atoms with Crippen LogP contribution >= 0.6 is 0 Å². The Morgan fingerprint density at radius 3 is 3.00 bits per heavy atom. The minimum atomic E-state index is 0.538. The van der Waals surface area contributed by atoms with Gasteiger partial charge in [0, 0.05) is 7.05 Å². The number of imidazole rings is 1. The van der Waals surface area contributed by atoms with Crippen LogP contribution in [0.4, 0.5) is 0 Å². The van der Waals surface area contributed by atoms with E-state index >= 15 is 0 Å². The van der Waals surface area contributed by atoms with E-state index in [0.29, 0.717) is 12.1 Å². The number of para-hydroxylation sites is 1. The van der Waals surface area contributed by atoms with Crippen LogP contribution in [0.3, 0.4) is 0 Å². The van der Waals surface area contributed by atoms with Crippen molar-refractivity contribution < 1.29 is 0 Å². The minimum absolute atomic E-state index is 0.538. The molecule has 0 saturated carbocycles. The van der Waals surface area contributed by atoms with E-state index in [1.807, 2.05) is 23.7 Å². The van der Waals surface area contributed by atoms with Gasteiger partial charge in [0.15, 0.2) is 0 Å². The normalized spacial score (nSPS) is 10.7. The summed E-state index contributed by atoms with van der Waals surface area (Å²) in [5, 5.41) is 13.1. The maximum atomic E-state index is 9.07. The molecule has 3 aromatic rings. The number of rotatable bonds is 2. The number of fused-ring (bicyclic) bond motifs is 1. The van der Waals surface area contributed by atoms with Crippen LogP contribution in [0.1, 0.15) is 11.4 Å². The molecule has 0 fully saturated rings. The highest BCUT2D eigenvalue weighted by Gasteiger charge is 2.11. The van der Waals surface area contributed by atoms with E-state index in [-0.39, 0.29) is 0 Å². The summed E-state index contributed by atoms with van der Waals surface area (Å²) in [7, 11) is 1.93. The van der Waals surface area contributed by atoms with Crippen molar-refractivity contribution in [3.63, 3.8) is 0 Å². The Morgan fingerprint density at radius 2 is 2.28 bits per heavy atom. The molecule has 1 aromatic carbocycles. The van der Waals surface area contributed by atoms with Gasteiger partial charge in [0.1, 0.15) is 36.6 Å². The zero-order chi connectivity index (χ0) is 12.5. The van der Waals surface area contributed by atoms with Gasteiger partial charge in [-0.1, -0.05) is 6.07 Å². The second-order valence-corrected chi connectivity index (χ2v) is 3.97. The molecule has 0 aliphatic rings. The molecule has 88 valence electrons. The molecule has 6 heteroatoms. The van der Waals surface area contributed by atoms with Gasteiger partial charge in [-0.15, -0.1) is 0 Å². The molecule has 0 unspecified atom stereocenters. The second-order valence-electron chi connectivity index (χ2n) is 3.97. The molecule has 6 nitrogen and oxygen atoms in total. The molecule has 0 aliphatic carbocycles. The van der Waals surface area contributed by atoms with Crippen molar-refractivity contribution in [1.29, 1.82) is 5.26 Å². The molecular weight excluding hydrogens is 228 g/mol. The van der Waals surface area contributed by atoms with Crippen LogP contribution in [0.2, 0.25) is 0 Å². The Morgan fingerprint density at radius 1 is 1.39 bits per heavy atom. The lowest BCUT2D eigenvalue weighted by molar-refractivity contribution is 0.635. The molecule has 0 aliphatic heterocycles. The number of benzene rings is 1. The molecule has 0 amide bonds. The third kappa shape index (κ3) is 1.53. The molecule has 2 heterocycles. The maximum absolute atomic E-state index is 9.07. The SMILES string of the molecule is Cn1c(Cn2cncn2)nc2c(C#N)cccc21. The van der Waals surface area contributed by atoms with Crippen LogP contribution in [0.5, 0.6) is 0 Å². The lowest BCUT2D eigenvalue weighted by Crippen LogP contribution is -2.06. The van der Waals surface area contributed by atoms with E-state index < -0.39 is 0 Å². The first kappa shape index (κ1) is 10.5. The van der Waals surface area contributed by atoms with Crippen LogP contribution in [0.25, 0.3) is 11.0 Å². The van der Waals surface area contributed by atoms with Gasteiger partial charge < -0.3 is 4.57 Å². The summed E-state index contributed by atoms with van der Waals surface area (Å²) in [6.07, 6.45) is 3.13. The van der Waals surface area contributed by atoms with E-state index in [9.17, 15) is 0 Å². The molecule has 0 saturated heterocycles. The predicted molar refractivity (Wildman–Crippen MR) is 64.6 cm³/mol. The van der Waals surface area contributed by atoms with Crippen molar-refractivity contribution in [3.05, 3.63) is 42.2 Å². The smallest absolute Gasteiger partial charge is 0.137 e. The number of hydrogen-bond acceptors (Lipinski definition) is 4. The van der Waals surface area contributed by atoms with Crippen molar-refractivity contribution in [2.24, 2.45) is 7.05 Å². The molecule has 0 bridgehead atoms. The number of hydrogen-bond donors (Lipinski definition) is 0. The average Bonchev–Trinajstić information content (AvgIpc) is 3.00. The first-order valence-corrected chi connectivity index (χ1v) is 5.46. The van der Waals surface area contributed by atoms with Crippen molar-refractivity contribution in [2.75, 3.05) is 0 Å². The highest BCUT2D eigenvalue weighted by Crippen LogP contribution is 2.18. The van der Waals surface area contributed by atoms with E-state index in [2.05, 4.69) is 21.1 Å². The van der Waals surface area contributed by atoms with Crippen LogP contribution in [0, 0.1) is 11.3 Å². The van der Waals surface area contributed by atoms with Crippen LogP contribution in [-0.4, -0.2) is 24.3 Å². The van der Waals surface area contributed by atoms with Gasteiger partial charge in [-0.3, -0.25) is 0 Å². The lowest BCUT2D eigenvalue weighted by atomic mass is 10.2. The Bertz CT molecular complexity index is 732. The van der Waals surface area contributed by atoms with Gasteiger partial charge in [0.05, 0.1) is 11.1 Å². The largest absolute Gasteiger partial charge is 0.330 e. The molecule has 0 atom stereocenters. The summed E-state index contributed by atoms with van der Waals surface area (Å²) < 4.78 is 3.67. The van der Waals surface area contributed by atoms with Gasteiger partial charge in [-0.2, -0.15) is 10.4 Å². The number of nitriles is 1. The molecule has 0 radical (unpaired) electrons. The predicted octanol–water partition coefficient (Wildman–Crippen LogP) is 1.08. The first-order valence-electron chi connectivity index (χ1n) is 5.46. The summed E-state index contributed by atoms with van der Waals surface area (Å²) in [5.41, 5.74) is 2.27. The van der Waals surface area contributed by atoms with Crippen LogP contribution in [-0.2, 0) is 13.6 Å². The van der Waals surface area contributed by atoms with Crippen LogP contribution in [0.15, 0.2) is 30.9 Å². The monoisotopic (exact) mass is 238 g/mol. The Kier molecular flexibility index (Phi) is 2.31. The maximum Gasteiger partial charge on any atom is 0.137 e. The van der Waals surface area contributed by atoms with Crippen LogP contribution < -0.4 is 0 Å². The molecule has 2 aromatic heterocycles. The molecule has 0 spiro atoms. The summed E-state index contributed by atoms with van der Waals surface area (Å²) >= 11 is 0. The highest BCUT2D eigenvalue weighted by molar-refractivity contribution is 5.82. The summed E-state index contributed by atoms with van der Waals surface area (Å²) in [5.74, 6) is 0.846. The zero-order valence-corrected chi connectivity index (χ0v) is 9.78. The Balaban J connectivity index is 2.14. The van der Waals surface area contributed by atoms with Crippen molar-refractivity contribution in [2.45, 2.75) is 6.54 Å². The number of nitrogens with zero attached hydrogens (tertiary/aromatic N) is 6. The Labute approximate surface area is 103 Å². The van der Waals surface area contributed by atoms with Gasteiger partial charge in [-0.25, -0.2) is 14.6 Å². The van der Waals surface area contributed by atoms with Crippen molar-refractivity contribution in [1.82, 2.24) is 24.3 Å². The van der Waals surface area contributed by atoms with Crippen molar-refractivity contribution in [3.8, 4) is 6.07 Å². The molecule has 0 N–H and O–H groups in total. The molecule has 18 heavy (non-hydrogen) atoms. The van der Waals surface area contributed by atoms with Gasteiger partial charge in [0.25, 0.3) is 0 Å². The van der Waals surface area contributed by atoms with E-state index in [1.54, 1.807) is 17.1 Å². The fraction of sp³-hybridized carbons (Fsp3) is 0.167. The number of aromatic nitrogens is 5. The second kappa shape index (κ2) is 3.96. The van der Waals surface area contributed by atoms with E-state index in [0.717, 1.165) is 16.9 Å². The highest BCUT2D eigenvalue weighted by atomic mass is 15.3. The summed E-state index contributed by atoms with van der Waals surface area (Å²) in [4.78, 5) is 8.41. The van der Waals surface area contributed by atoms with Gasteiger partial charge in [0.2, 0.25) is 0 Å². The third-order valence-corrected chi connectivity index (χ3v) is 2.89. The fourth-order valence-electron chi connectivity index (χ4n) is 1.95. The van der Waals surface area contributed by atoms with E-state index in [1.165, 1.54) is 6.33 Å². The summed E-state index contributed by atoms with van der Waals surface area (Å²) in [6.45, 7) is 0.538. The van der Waals surface area contributed by atoms with Gasteiger partial charge in [-0.05, 0) is 12.1 Å². The lowest BCUT2D eigenvalue weighted by Gasteiger charge is -2.01.